The molecule has 1 aliphatic rings. The van der Waals surface area contributed by atoms with Crippen molar-refractivity contribution in [3.63, 3.8) is 0 Å². The fourth-order valence-electron chi connectivity index (χ4n) is 3.56. The van der Waals surface area contributed by atoms with Crippen molar-refractivity contribution in [1.29, 1.82) is 0 Å². The average Bonchev–Trinajstić information content (AvgIpc) is 3.37. The lowest BCUT2D eigenvalue weighted by atomic mass is 10.0. The second-order valence-corrected chi connectivity index (χ2v) is 7.75. The largest absolute Gasteiger partial charge is 0.334 e. The highest BCUT2D eigenvalue weighted by Gasteiger charge is 2.38. The van der Waals surface area contributed by atoms with E-state index in [2.05, 4.69) is 48.1 Å². The quantitative estimate of drug-likeness (QED) is 0.800. The number of benzene rings is 1. The number of hydrogen-bond donors (Lipinski definition) is 0. The summed E-state index contributed by atoms with van der Waals surface area (Å²) in [7, 11) is 5.92. The first-order chi connectivity index (χ1) is 12.3. The summed E-state index contributed by atoms with van der Waals surface area (Å²) in [6, 6.07) is 8.40. The van der Waals surface area contributed by atoms with Crippen LogP contribution in [0.25, 0.3) is 0 Å². The van der Waals surface area contributed by atoms with Crippen molar-refractivity contribution in [3.05, 3.63) is 52.3 Å². The Kier molecular flexibility index (Phi) is 5.19. The third-order valence-electron chi connectivity index (χ3n) is 5.40. The van der Waals surface area contributed by atoms with Gasteiger partial charge in [0.15, 0.2) is 0 Å². The van der Waals surface area contributed by atoms with Crippen molar-refractivity contribution in [2.75, 3.05) is 14.1 Å². The number of amides is 1. The Morgan fingerprint density at radius 1 is 1.19 bits per heavy atom. The normalized spacial score (nSPS) is 15.3. The van der Waals surface area contributed by atoms with E-state index in [0.29, 0.717) is 12.6 Å². The Hall–Kier alpha value is -2.14. The summed E-state index contributed by atoms with van der Waals surface area (Å²) in [6.07, 6.45) is 2.19. The van der Waals surface area contributed by atoms with E-state index in [1.54, 1.807) is 0 Å². The molecule has 1 fully saturated rings. The Balaban J connectivity index is 1.90. The molecule has 5 heteroatoms. The minimum atomic E-state index is -0.256. The van der Waals surface area contributed by atoms with Gasteiger partial charge in [-0.2, -0.15) is 5.10 Å². The van der Waals surface area contributed by atoms with Crippen LogP contribution >= 0.6 is 0 Å². The molecule has 3 rings (SSSR count). The maximum atomic E-state index is 13.5. The van der Waals surface area contributed by atoms with E-state index >= 15 is 0 Å². The second kappa shape index (κ2) is 7.23. The van der Waals surface area contributed by atoms with Gasteiger partial charge in [0.2, 0.25) is 5.91 Å². The third kappa shape index (κ3) is 3.68. The predicted octanol–water partition coefficient (Wildman–Crippen LogP) is 3.14. The van der Waals surface area contributed by atoms with Gasteiger partial charge in [-0.15, -0.1) is 0 Å². The molecule has 0 spiro atoms. The smallest absolute Gasteiger partial charge is 0.245 e. The van der Waals surface area contributed by atoms with E-state index in [1.807, 2.05) is 37.6 Å². The summed E-state index contributed by atoms with van der Waals surface area (Å²) in [5, 5.41) is 4.52. The Bertz CT molecular complexity index is 787. The number of aryl methyl sites for hydroxylation is 3. The van der Waals surface area contributed by atoms with Crippen LogP contribution in [0.5, 0.6) is 0 Å². The van der Waals surface area contributed by atoms with E-state index < -0.39 is 0 Å². The zero-order chi connectivity index (χ0) is 19.0. The minimum Gasteiger partial charge on any atom is -0.334 e. The Morgan fingerprint density at radius 2 is 1.81 bits per heavy atom. The molecule has 1 atom stereocenters. The molecule has 1 unspecified atom stereocenters. The van der Waals surface area contributed by atoms with Crippen molar-refractivity contribution in [1.82, 2.24) is 19.6 Å². The highest BCUT2D eigenvalue weighted by Crippen LogP contribution is 2.33. The Labute approximate surface area is 156 Å². The molecular formula is C21H30N4O. The monoisotopic (exact) mass is 354 g/mol. The van der Waals surface area contributed by atoms with Crippen molar-refractivity contribution >= 4 is 5.91 Å². The fraction of sp³-hybridized carbons (Fsp3) is 0.524. The van der Waals surface area contributed by atoms with Gasteiger partial charge in [-0.1, -0.05) is 29.8 Å². The van der Waals surface area contributed by atoms with Gasteiger partial charge in [0.1, 0.15) is 6.04 Å². The van der Waals surface area contributed by atoms with Crippen molar-refractivity contribution < 1.29 is 4.79 Å². The highest BCUT2D eigenvalue weighted by atomic mass is 16.2. The van der Waals surface area contributed by atoms with Crippen molar-refractivity contribution in [2.24, 2.45) is 7.05 Å². The number of aromatic nitrogens is 2. The predicted molar refractivity (Wildman–Crippen MR) is 104 cm³/mol. The molecule has 1 heterocycles. The van der Waals surface area contributed by atoms with Crippen LogP contribution in [0.1, 0.15) is 47.0 Å². The summed E-state index contributed by atoms with van der Waals surface area (Å²) in [6.45, 7) is 6.82. The van der Waals surface area contributed by atoms with E-state index in [4.69, 9.17) is 0 Å². The summed E-state index contributed by atoms with van der Waals surface area (Å²) in [5.41, 5.74) is 5.59. The van der Waals surface area contributed by atoms with Crippen LogP contribution in [-0.2, 0) is 18.4 Å². The molecule has 140 valence electrons. The van der Waals surface area contributed by atoms with Gasteiger partial charge in [0, 0.05) is 30.9 Å². The average molecular weight is 354 g/mol. The molecule has 0 N–H and O–H groups in total. The summed E-state index contributed by atoms with van der Waals surface area (Å²) in [5.74, 6) is 0.184. The molecule has 0 saturated heterocycles. The lowest BCUT2D eigenvalue weighted by Crippen LogP contribution is -2.41. The van der Waals surface area contributed by atoms with Gasteiger partial charge in [-0.25, -0.2) is 0 Å². The highest BCUT2D eigenvalue weighted by molar-refractivity contribution is 5.84. The third-order valence-corrected chi connectivity index (χ3v) is 5.40. The molecule has 26 heavy (non-hydrogen) atoms. The number of carbonyl (C=O) groups excluding carboxylic acids is 1. The van der Waals surface area contributed by atoms with Gasteiger partial charge >= 0.3 is 0 Å². The van der Waals surface area contributed by atoms with Crippen molar-refractivity contribution in [2.45, 2.75) is 52.2 Å². The zero-order valence-corrected chi connectivity index (χ0v) is 16.8. The standard InChI is InChI=1S/C21H30N4O/c1-14-7-9-17(10-8-14)20(23(4)5)21(26)25(18-11-12-18)13-19-15(2)22-24(6)16(19)3/h7-10,18,20H,11-13H2,1-6H3. The van der Waals surface area contributed by atoms with Gasteiger partial charge in [-0.05, 0) is 53.3 Å². The maximum Gasteiger partial charge on any atom is 0.245 e. The first-order valence-corrected chi connectivity index (χ1v) is 9.32. The van der Waals surface area contributed by atoms with Crippen molar-refractivity contribution in [3.8, 4) is 0 Å². The molecule has 0 bridgehead atoms. The van der Waals surface area contributed by atoms with E-state index in [0.717, 1.165) is 29.8 Å². The van der Waals surface area contributed by atoms with Crippen LogP contribution in [0.2, 0.25) is 0 Å². The molecule has 1 aliphatic carbocycles. The topological polar surface area (TPSA) is 41.4 Å². The molecule has 1 aromatic heterocycles. The number of nitrogens with zero attached hydrogens (tertiary/aromatic N) is 4. The lowest BCUT2D eigenvalue weighted by Gasteiger charge is -2.31. The number of hydrogen-bond acceptors (Lipinski definition) is 3. The Morgan fingerprint density at radius 3 is 2.27 bits per heavy atom. The number of carbonyl (C=O) groups is 1. The summed E-state index contributed by atoms with van der Waals surface area (Å²) in [4.78, 5) is 17.6. The molecule has 2 aromatic rings. The summed E-state index contributed by atoms with van der Waals surface area (Å²) < 4.78 is 1.91. The minimum absolute atomic E-state index is 0.184. The summed E-state index contributed by atoms with van der Waals surface area (Å²) >= 11 is 0. The number of rotatable bonds is 6. The van der Waals surface area contributed by atoms with Crippen LogP contribution in [0.3, 0.4) is 0 Å². The molecule has 0 aliphatic heterocycles. The van der Waals surface area contributed by atoms with E-state index in [1.165, 1.54) is 11.1 Å². The molecular weight excluding hydrogens is 324 g/mol. The van der Waals surface area contributed by atoms with E-state index in [9.17, 15) is 4.79 Å². The molecule has 0 radical (unpaired) electrons. The first-order valence-electron chi connectivity index (χ1n) is 9.32. The molecule has 1 amide bonds. The zero-order valence-electron chi connectivity index (χ0n) is 16.8. The van der Waals surface area contributed by atoms with Gasteiger partial charge in [0.25, 0.3) is 0 Å². The molecule has 1 saturated carbocycles. The molecule has 5 nitrogen and oxygen atoms in total. The van der Waals surface area contributed by atoms with Crippen LogP contribution in [0.15, 0.2) is 24.3 Å². The number of likely N-dealkylation sites (N-methyl/N-ethyl adjacent to an activating group) is 1. The molecule has 1 aromatic carbocycles. The SMILES string of the molecule is Cc1ccc(C(C(=O)N(Cc2c(C)nn(C)c2C)C2CC2)N(C)C)cc1. The van der Waals surface area contributed by atoms with Gasteiger partial charge in [-0.3, -0.25) is 14.4 Å². The van der Waals surface area contributed by atoms with Gasteiger partial charge in [0.05, 0.1) is 5.69 Å². The fourth-order valence-corrected chi connectivity index (χ4v) is 3.56. The maximum absolute atomic E-state index is 13.5. The van der Waals surface area contributed by atoms with Crippen LogP contribution in [-0.4, -0.2) is 45.6 Å². The lowest BCUT2D eigenvalue weighted by molar-refractivity contribution is -0.137. The van der Waals surface area contributed by atoms with Crippen LogP contribution in [0, 0.1) is 20.8 Å². The van der Waals surface area contributed by atoms with Gasteiger partial charge < -0.3 is 4.90 Å². The first kappa shape index (κ1) is 18.6. The van der Waals surface area contributed by atoms with Crippen LogP contribution < -0.4 is 0 Å². The second-order valence-electron chi connectivity index (χ2n) is 7.75. The van der Waals surface area contributed by atoms with E-state index in [-0.39, 0.29) is 11.9 Å². The van der Waals surface area contributed by atoms with Crippen LogP contribution in [0.4, 0.5) is 0 Å².